The number of benzene rings is 2. The number of carbonyl (C=O) groups excluding carboxylic acids is 2. The van der Waals surface area contributed by atoms with Crippen molar-refractivity contribution in [2.75, 3.05) is 11.1 Å². The van der Waals surface area contributed by atoms with Crippen LogP contribution in [0.1, 0.15) is 36.1 Å². The first-order chi connectivity index (χ1) is 17.0. The number of thioether (sulfide) groups is 1. The molecule has 0 saturated carbocycles. The van der Waals surface area contributed by atoms with Gasteiger partial charge in [-0.25, -0.2) is 4.98 Å². The fourth-order valence-electron chi connectivity index (χ4n) is 3.37. The number of halogens is 1. The summed E-state index contributed by atoms with van der Waals surface area (Å²) >= 11 is 8.79. The number of aromatic nitrogens is 4. The number of nitrogens with zero attached hydrogens (tertiary/aromatic N) is 4. The average Bonchev–Trinajstić information content (AvgIpc) is 3.50. The fourth-order valence-corrected chi connectivity index (χ4v) is 5.13. The summed E-state index contributed by atoms with van der Waals surface area (Å²) in [5, 5.41) is 17.7. The minimum atomic E-state index is -0.402. The zero-order chi connectivity index (χ0) is 24.8. The van der Waals surface area contributed by atoms with Gasteiger partial charge in [-0.15, -0.1) is 21.5 Å². The Kier molecular flexibility index (Phi) is 8.17. The average molecular weight is 527 g/mol. The molecule has 4 aromatic rings. The summed E-state index contributed by atoms with van der Waals surface area (Å²) < 4.78 is 1.88. The first kappa shape index (κ1) is 24.9. The molecule has 2 heterocycles. The Bertz CT molecular complexity index is 1320. The molecule has 11 heteroatoms. The number of hydrogen-bond donors (Lipinski definition) is 2. The summed E-state index contributed by atoms with van der Waals surface area (Å²) in [6.45, 7) is 4.38. The van der Waals surface area contributed by atoms with Crippen molar-refractivity contribution in [2.45, 2.75) is 31.6 Å². The van der Waals surface area contributed by atoms with Gasteiger partial charge in [-0.3, -0.25) is 9.59 Å². The number of hydrogen-bond acceptors (Lipinski definition) is 7. The predicted molar refractivity (Wildman–Crippen MR) is 140 cm³/mol. The van der Waals surface area contributed by atoms with Crippen LogP contribution in [-0.2, 0) is 11.3 Å². The van der Waals surface area contributed by atoms with Crippen LogP contribution in [0.4, 0.5) is 5.13 Å². The molecule has 2 N–H and O–H groups in total. The van der Waals surface area contributed by atoms with Crippen molar-refractivity contribution in [1.82, 2.24) is 25.1 Å². The third kappa shape index (κ3) is 6.08. The summed E-state index contributed by atoms with van der Waals surface area (Å²) in [6, 6.07) is 16.3. The van der Waals surface area contributed by atoms with Crippen LogP contribution in [-0.4, -0.2) is 37.3 Å². The Hall–Kier alpha value is -3.21. The van der Waals surface area contributed by atoms with E-state index in [-0.39, 0.29) is 17.6 Å². The Labute approximate surface area is 216 Å². The van der Waals surface area contributed by atoms with E-state index in [4.69, 9.17) is 11.6 Å². The van der Waals surface area contributed by atoms with E-state index in [1.165, 1.54) is 23.1 Å². The molecule has 0 spiro atoms. The minimum absolute atomic E-state index is 0.152. The van der Waals surface area contributed by atoms with Crippen molar-refractivity contribution < 1.29 is 9.59 Å². The number of anilines is 1. The Morgan fingerprint density at radius 3 is 2.60 bits per heavy atom. The molecular weight excluding hydrogens is 504 g/mol. The molecule has 2 amide bonds. The standard InChI is InChI=1S/C24H23ClN6O2S2/c1-3-31-21(15(2)26-22(33)17-11-7-8-12-18(17)25)29-30-24(31)35-14-20(32)28-23-27-19(13-34-23)16-9-5-4-6-10-16/h4-13,15H,3,14H2,1-2H3,(H,26,33)(H,27,28,32)/t15-/m0/s1. The van der Waals surface area contributed by atoms with Crippen LogP contribution in [0.5, 0.6) is 0 Å². The molecule has 180 valence electrons. The van der Waals surface area contributed by atoms with Crippen molar-refractivity contribution in [3.05, 3.63) is 76.4 Å². The lowest BCUT2D eigenvalue weighted by Gasteiger charge is -2.15. The smallest absolute Gasteiger partial charge is 0.253 e. The van der Waals surface area contributed by atoms with Crippen molar-refractivity contribution in [3.63, 3.8) is 0 Å². The minimum Gasteiger partial charge on any atom is -0.342 e. The lowest BCUT2D eigenvalue weighted by molar-refractivity contribution is -0.113. The van der Waals surface area contributed by atoms with E-state index in [2.05, 4.69) is 25.8 Å². The molecule has 0 bridgehead atoms. The normalized spacial score (nSPS) is 11.7. The molecule has 0 radical (unpaired) electrons. The van der Waals surface area contributed by atoms with Crippen molar-refractivity contribution >= 4 is 51.6 Å². The summed E-state index contributed by atoms with van der Waals surface area (Å²) in [5.41, 5.74) is 2.21. The topological polar surface area (TPSA) is 102 Å². The van der Waals surface area contributed by atoms with Gasteiger partial charge in [0.1, 0.15) is 0 Å². The van der Waals surface area contributed by atoms with E-state index < -0.39 is 6.04 Å². The van der Waals surface area contributed by atoms with Crippen LogP contribution in [0.3, 0.4) is 0 Å². The van der Waals surface area contributed by atoms with E-state index in [9.17, 15) is 9.59 Å². The zero-order valence-electron chi connectivity index (χ0n) is 19.1. The molecular formula is C24H23ClN6O2S2. The lowest BCUT2D eigenvalue weighted by Crippen LogP contribution is -2.29. The highest BCUT2D eigenvalue weighted by atomic mass is 35.5. The first-order valence-electron chi connectivity index (χ1n) is 10.9. The van der Waals surface area contributed by atoms with Gasteiger partial charge in [0.15, 0.2) is 16.1 Å². The van der Waals surface area contributed by atoms with Gasteiger partial charge in [0, 0.05) is 17.5 Å². The van der Waals surface area contributed by atoms with Crippen LogP contribution in [0, 0.1) is 0 Å². The van der Waals surface area contributed by atoms with E-state index >= 15 is 0 Å². The Morgan fingerprint density at radius 2 is 1.86 bits per heavy atom. The molecule has 8 nitrogen and oxygen atoms in total. The SMILES string of the molecule is CCn1c(SCC(=O)Nc2nc(-c3ccccc3)cs2)nnc1[C@H](C)NC(=O)c1ccccc1Cl. The molecule has 2 aromatic heterocycles. The summed E-state index contributed by atoms with van der Waals surface area (Å²) in [4.78, 5) is 29.6. The van der Waals surface area contributed by atoms with E-state index in [1.54, 1.807) is 24.3 Å². The van der Waals surface area contributed by atoms with Gasteiger partial charge < -0.3 is 15.2 Å². The maximum atomic E-state index is 12.6. The zero-order valence-corrected chi connectivity index (χ0v) is 21.5. The number of amides is 2. The molecule has 1 atom stereocenters. The van der Waals surface area contributed by atoms with Crippen molar-refractivity contribution in [3.8, 4) is 11.3 Å². The van der Waals surface area contributed by atoms with Crippen LogP contribution < -0.4 is 10.6 Å². The third-order valence-corrected chi connectivity index (χ3v) is 7.12. The lowest BCUT2D eigenvalue weighted by atomic mass is 10.2. The number of carbonyl (C=O) groups is 2. The molecule has 0 saturated heterocycles. The van der Waals surface area contributed by atoms with Gasteiger partial charge >= 0.3 is 0 Å². The van der Waals surface area contributed by atoms with Gasteiger partial charge in [-0.1, -0.05) is 65.8 Å². The maximum absolute atomic E-state index is 12.6. The Balaban J connectivity index is 1.36. The van der Waals surface area contributed by atoms with Crippen LogP contribution in [0.2, 0.25) is 5.02 Å². The largest absolute Gasteiger partial charge is 0.342 e. The third-order valence-electron chi connectivity index (χ3n) is 5.07. The number of rotatable bonds is 9. The van der Waals surface area contributed by atoms with Crippen LogP contribution >= 0.6 is 34.7 Å². The second-order valence-electron chi connectivity index (χ2n) is 7.50. The Morgan fingerprint density at radius 1 is 1.11 bits per heavy atom. The fraction of sp³-hybridized carbons (Fsp3) is 0.208. The molecule has 0 unspecified atom stereocenters. The highest BCUT2D eigenvalue weighted by Crippen LogP contribution is 2.26. The predicted octanol–water partition coefficient (Wildman–Crippen LogP) is 5.30. The summed E-state index contributed by atoms with van der Waals surface area (Å²) in [5.74, 6) is 0.277. The summed E-state index contributed by atoms with van der Waals surface area (Å²) in [7, 11) is 0. The van der Waals surface area contributed by atoms with Gasteiger partial charge in [0.05, 0.1) is 28.1 Å². The van der Waals surface area contributed by atoms with Gasteiger partial charge in [0.25, 0.3) is 5.91 Å². The number of thiazole rings is 1. The van der Waals surface area contributed by atoms with E-state index in [0.717, 1.165) is 11.3 Å². The quantitative estimate of drug-likeness (QED) is 0.287. The van der Waals surface area contributed by atoms with E-state index in [0.29, 0.717) is 33.2 Å². The monoisotopic (exact) mass is 526 g/mol. The molecule has 35 heavy (non-hydrogen) atoms. The first-order valence-corrected chi connectivity index (χ1v) is 13.1. The molecule has 0 aliphatic rings. The van der Waals surface area contributed by atoms with Gasteiger partial charge in [-0.2, -0.15) is 0 Å². The van der Waals surface area contributed by atoms with Crippen molar-refractivity contribution in [2.24, 2.45) is 0 Å². The molecule has 0 fully saturated rings. The highest BCUT2D eigenvalue weighted by molar-refractivity contribution is 7.99. The van der Waals surface area contributed by atoms with E-state index in [1.807, 2.05) is 54.1 Å². The molecule has 0 aliphatic heterocycles. The van der Waals surface area contributed by atoms with Crippen molar-refractivity contribution in [1.29, 1.82) is 0 Å². The highest BCUT2D eigenvalue weighted by Gasteiger charge is 2.21. The van der Waals surface area contributed by atoms with Crippen LogP contribution in [0.25, 0.3) is 11.3 Å². The number of nitrogens with one attached hydrogen (secondary N) is 2. The molecule has 0 aliphatic carbocycles. The second-order valence-corrected chi connectivity index (χ2v) is 9.71. The maximum Gasteiger partial charge on any atom is 0.253 e. The molecule has 4 rings (SSSR count). The molecule has 2 aromatic carbocycles. The summed E-state index contributed by atoms with van der Waals surface area (Å²) in [6.07, 6.45) is 0. The van der Waals surface area contributed by atoms with Gasteiger partial charge in [-0.05, 0) is 26.0 Å². The second kappa shape index (κ2) is 11.5. The van der Waals surface area contributed by atoms with Gasteiger partial charge in [0.2, 0.25) is 5.91 Å². The van der Waals surface area contributed by atoms with Crippen LogP contribution in [0.15, 0.2) is 65.1 Å².